The fourth-order valence-electron chi connectivity index (χ4n) is 2.69. The fourth-order valence-corrected chi connectivity index (χ4v) is 2.69. The standard InChI is InChI=1S/C19H22FNO2.CH4O/c20-18-13-10-16(11-14-18)9-12-17(19(22)21-23)8-4-7-15-5-2-1-3-6-15;1-2/h1-3,5-6,10-11,13-14,17,23H,4,7-9,12H2,(H,21,22);2H,1H3. The molecule has 0 heterocycles. The molecule has 0 aromatic heterocycles. The average Bonchev–Trinajstić information content (AvgIpc) is 2.67. The number of aliphatic hydroxyl groups excluding tert-OH is 1. The lowest BCUT2D eigenvalue weighted by Crippen LogP contribution is -2.28. The van der Waals surface area contributed by atoms with Crippen LogP contribution in [0.3, 0.4) is 0 Å². The highest BCUT2D eigenvalue weighted by Crippen LogP contribution is 2.18. The molecular weight excluding hydrogens is 321 g/mol. The maximum Gasteiger partial charge on any atom is 0.246 e. The SMILES string of the molecule is CO.O=C(NO)C(CCCc1ccccc1)CCc1ccc(F)cc1. The molecule has 25 heavy (non-hydrogen) atoms. The van der Waals surface area contributed by atoms with E-state index < -0.39 is 0 Å². The van der Waals surface area contributed by atoms with E-state index in [0.29, 0.717) is 19.3 Å². The molecule has 1 atom stereocenters. The van der Waals surface area contributed by atoms with E-state index in [0.717, 1.165) is 25.5 Å². The molecule has 0 fully saturated rings. The Morgan fingerprint density at radius 1 is 0.960 bits per heavy atom. The number of rotatable bonds is 8. The summed E-state index contributed by atoms with van der Waals surface area (Å²) in [5, 5.41) is 15.9. The van der Waals surface area contributed by atoms with Crippen LogP contribution in [0.2, 0.25) is 0 Å². The molecule has 0 aliphatic rings. The number of aliphatic hydroxyl groups is 1. The van der Waals surface area contributed by atoms with Crippen LogP contribution in [0, 0.1) is 11.7 Å². The van der Waals surface area contributed by atoms with Gasteiger partial charge in [0.15, 0.2) is 0 Å². The Balaban J connectivity index is 0.00000151. The highest BCUT2D eigenvalue weighted by molar-refractivity contribution is 5.77. The van der Waals surface area contributed by atoms with Crippen LogP contribution >= 0.6 is 0 Å². The lowest BCUT2D eigenvalue weighted by molar-refractivity contribution is -0.133. The van der Waals surface area contributed by atoms with Gasteiger partial charge in [0.05, 0.1) is 0 Å². The van der Waals surface area contributed by atoms with Crippen LogP contribution in [-0.2, 0) is 17.6 Å². The van der Waals surface area contributed by atoms with Gasteiger partial charge in [0, 0.05) is 13.0 Å². The van der Waals surface area contributed by atoms with Gasteiger partial charge in [-0.2, -0.15) is 0 Å². The molecule has 0 aliphatic carbocycles. The second-order valence-corrected chi connectivity index (χ2v) is 5.72. The molecule has 2 aromatic carbocycles. The summed E-state index contributed by atoms with van der Waals surface area (Å²) in [6.07, 6.45) is 3.82. The molecule has 2 aromatic rings. The largest absolute Gasteiger partial charge is 0.400 e. The van der Waals surface area contributed by atoms with Gasteiger partial charge in [-0.3, -0.25) is 10.0 Å². The van der Waals surface area contributed by atoms with Gasteiger partial charge < -0.3 is 5.11 Å². The molecule has 0 saturated heterocycles. The average molecular weight is 347 g/mol. The van der Waals surface area contributed by atoms with Gasteiger partial charge in [-0.05, 0) is 55.4 Å². The second-order valence-electron chi connectivity index (χ2n) is 5.72. The lowest BCUT2D eigenvalue weighted by Gasteiger charge is -2.15. The van der Waals surface area contributed by atoms with E-state index in [9.17, 15) is 9.18 Å². The van der Waals surface area contributed by atoms with Crippen LogP contribution in [0.25, 0.3) is 0 Å². The first-order chi connectivity index (χ1) is 12.2. The zero-order chi connectivity index (χ0) is 18.5. The number of amides is 1. The summed E-state index contributed by atoms with van der Waals surface area (Å²) in [6, 6.07) is 16.4. The maximum absolute atomic E-state index is 12.9. The number of nitrogens with one attached hydrogen (secondary N) is 1. The Labute approximate surface area is 148 Å². The van der Waals surface area contributed by atoms with Crippen molar-refractivity contribution in [3.63, 3.8) is 0 Å². The Bertz CT molecular complexity index is 602. The van der Waals surface area contributed by atoms with E-state index in [1.807, 2.05) is 18.2 Å². The summed E-state index contributed by atoms with van der Waals surface area (Å²) in [5.74, 6) is -0.852. The molecule has 2 rings (SSSR count). The summed E-state index contributed by atoms with van der Waals surface area (Å²) in [5.41, 5.74) is 4.00. The van der Waals surface area contributed by atoms with Crippen molar-refractivity contribution in [2.45, 2.75) is 32.1 Å². The molecule has 4 nitrogen and oxygen atoms in total. The summed E-state index contributed by atoms with van der Waals surface area (Å²) >= 11 is 0. The van der Waals surface area contributed by atoms with Crippen LogP contribution in [0.15, 0.2) is 54.6 Å². The van der Waals surface area contributed by atoms with Crippen molar-refractivity contribution in [1.29, 1.82) is 0 Å². The lowest BCUT2D eigenvalue weighted by atomic mass is 9.93. The molecule has 0 bridgehead atoms. The van der Waals surface area contributed by atoms with E-state index >= 15 is 0 Å². The number of benzene rings is 2. The van der Waals surface area contributed by atoms with Gasteiger partial charge in [0.25, 0.3) is 0 Å². The van der Waals surface area contributed by atoms with Crippen LogP contribution in [0.4, 0.5) is 4.39 Å². The van der Waals surface area contributed by atoms with Gasteiger partial charge in [0.1, 0.15) is 5.82 Å². The molecule has 5 heteroatoms. The highest BCUT2D eigenvalue weighted by Gasteiger charge is 2.17. The zero-order valence-electron chi connectivity index (χ0n) is 14.5. The van der Waals surface area contributed by atoms with E-state index in [2.05, 4.69) is 12.1 Å². The fraction of sp³-hybridized carbons (Fsp3) is 0.350. The van der Waals surface area contributed by atoms with E-state index in [-0.39, 0.29) is 17.6 Å². The third-order valence-corrected chi connectivity index (χ3v) is 4.04. The molecular formula is C20H26FNO3. The van der Waals surface area contributed by atoms with Gasteiger partial charge in [-0.1, -0.05) is 42.5 Å². The Morgan fingerprint density at radius 3 is 2.16 bits per heavy atom. The van der Waals surface area contributed by atoms with Crippen molar-refractivity contribution in [2.24, 2.45) is 5.92 Å². The number of hydroxylamine groups is 1. The smallest absolute Gasteiger partial charge is 0.246 e. The summed E-state index contributed by atoms with van der Waals surface area (Å²) < 4.78 is 12.9. The topological polar surface area (TPSA) is 69.6 Å². The maximum atomic E-state index is 12.9. The van der Waals surface area contributed by atoms with Crippen LogP contribution in [0.5, 0.6) is 0 Å². The number of hydrogen-bond donors (Lipinski definition) is 3. The minimum Gasteiger partial charge on any atom is -0.400 e. The third-order valence-electron chi connectivity index (χ3n) is 4.04. The quantitative estimate of drug-likeness (QED) is 0.505. The first kappa shape index (κ1) is 20.8. The molecule has 0 radical (unpaired) electrons. The molecule has 0 aliphatic heterocycles. The second kappa shape index (κ2) is 12.2. The number of carbonyl (C=O) groups is 1. The number of aryl methyl sites for hydroxylation is 2. The number of hydrogen-bond acceptors (Lipinski definition) is 3. The predicted molar refractivity (Wildman–Crippen MR) is 95.7 cm³/mol. The van der Waals surface area contributed by atoms with Crippen LogP contribution in [-0.4, -0.2) is 23.3 Å². The van der Waals surface area contributed by atoms with Crippen molar-refractivity contribution >= 4 is 5.91 Å². The van der Waals surface area contributed by atoms with Crippen molar-refractivity contribution in [2.75, 3.05) is 7.11 Å². The summed E-state index contributed by atoms with van der Waals surface area (Å²) in [4.78, 5) is 11.8. The van der Waals surface area contributed by atoms with E-state index in [4.69, 9.17) is 10.3 Å². The normalized spacial score (nSPS) is 11.2. The van der Waals surface area contributed by atoms with Crippen LogP contribution in [0.1, 0.15) is 30.4 Å². The van der Waals surface area contributed by atoms with Gasteiger partial charge in [0.2, 0.25) is 5.91 Å². The molecule has 1 unspecified atom stereocenters. The van der Waals surface area contributed by atoms with Gasteiger partial charge in [-0.25, -0.2) is 9.87 Å². The van der Waals surface area contributed by atoms with Crippen molar-refractivity contribution in [3.8, 4) is 0 Å². The molecule has 0 saturated carbocycles. The zero-order valence-corrected chi connectivity index (χ0v) is 14.5. The predicted octanol–water partition coefficient (Wildman–Crippen LogP) is 3.51. The first-order valence-electron chi connectivity index (χ1n) is 8.36. The van der Waals surface area contributed by atoms with Crippen molar-refractivity contribution in [1.82, 2.24) is 5.48 Å². The third kappa shape index (κ3) is 7.92. The van der Waals surface area contributed by atoms with Crippen LogP contribution < -0.4 is 5.48 Å². The number of carbonyl (C=O) groups excluding carboxylic acids is 1. The molecule has 1 amide bonds. The number of halogens is 1. The molecule has 136 valence electrons. The van der Waals surface area contributed by atoms with E-state index in [1.165, 1.54) is 17.7 Å². The summed E-state index contributed by atoms with van der Waals surface area (Å²) in [6.45, 7) is 0. The Morgan fingerprint density at radius 2 is 1.56 bits per heavy atom. The van der Waals surface area contributed by atoms with Crippen molar-refractivity contribution in [3.05, 3.63) is 71.5 Å². The minimum atomic E-state index is -0.347. The summed E-state index contributed by atoms with van der Waals surface area (Å²) in [7, 11) is 1.00. The monoisotopic (exact) mass is 347 g/mol. The highest BCUT2D eigenvalue weighted by atomic mass is 19.1. The Kier molecular flexibility index (Phi) is 10.1. The van der Waals surface area contributed by atoms with Gasteiger partial charge >= 0.3 is 0 Å². The molecule has 3 N–H and O–H groups in total. The first-order valence-corrected chi connectivity index (χ1v) is 8.36. The van der Waals surface area contributed by atoms with E-state index in [1.54, 1.807) is 17.6 Å². The molecule has 0 spiro atoms. The van der Waals surface area contributed by atoms with Crippen molar-refractivity contribution < 1.29 is 19.5 Å². The minimum absolute atomic E-state index is 0.242. The van der Waals surface area contributed by atoms with Gasteiger partial charge in [-0.15, -0.1) is 0 Å². The Hall–Kier alpha value is -2.24.